The molecule has 2 aromatic carbocycles. The maximum absolute atomic E-state index is 13.2. The number of fused-ring (bicyclic) bond motifs is 1. The average molecular weight is 449 g/mol. The molecule has 4 rings (SSSR count). The third kappa shape index (κ3) is 4.73. The van der Waals surface area contributed by atoms with Crippen molar-refractivity contribution in [2.24, 2.45) is 0 Å². The van der Waals surface area contributed by atoms with Crippen molar-refractivity contribution in [3.8, 4) is 5.88 Å². The standard InChI is InChI=1S/C24H21ClN4O3/c1-32-22-11-10-16(14-27-22)28-24(31)21(29-23(30)18-7-2-4-8-19(18)25)12-15-13-26-20-9-5-3-6-17(15)20/h2-11,13-14,21,26H,12H2,1H3,(H,28,31)(H,29,30)/t21-/m0/s1. The van der Waals surface area contributed by atoms with Crippen LogP contribution in [0.5, 0.6) is 5.88 Å². The molecule has 162 valence electrons. The molecule has 0 aliphatic carbocycles. The smallest absolute Gasteiger partial charge is 0.253 e. The minimum absolute atomic E-state index is 0.287. The van der Waals surface area contributed by atoms with Gasteiger partial charge in [0.05, 0.1) is 29.6 Å². The summed E-state index contributed by atoms with van der Waals surface area (Å²) in [7, 11) is 1.52. The number of para-hydroxylation sites is 1. The number of ether oxygens (including phenoxy) is 1. The number of rotatable bonds is 7. The van der Waals surface area contributed by atoms with Crippen LogP contribution in [-0.2, 0) is 11.2 Å². The van der Waals surface area contributed by atoms with Crippen LogP contribution < -0.4 is 15.4 Å². The van der Waals surface area contributed by atoms with Crippen molar-refractivity contribution >= 4 is 40.0 Å². The van der Waals surface area contributed by atoms with Gasteiger partial charge in [0, 0.05) is 29.6 Å². The molecule has 7 nitrogen and oxygen atoms in total. The number of carbonyl (C=O) groups excluding carboxylic acids is 2. The zero-order valence-corrected chi connectivity index (χ0v) is 18.0. The molecule has 0 fully saturated rings. The first kappa shape index (κ1) is 21.4. The second-order valence-corrected chi connectivity index (χ2v) is 7.56. The van der Waals surface area contributed by atoms with Crippen molar-refractivity contribution in [2.45, 2.75) is 12.5 Å². The van der Waals surface area contributed by atoms with Crippen LogP contribution in [0.4, 0.5) is 5.69 Å². The van der Waals surface area contributed by atoms with E-state index in [1.807, 2.05) is 30.5 Å². The van der Waals surface area contributed by atoms with Gasteiger partial charge >= 0.3 is 0 Å². The number of benzene rings is 2. The third-order valence-corrected chi connectivity index (χ3v) is 5.38. The Bertz CT molecular complexity index is 1250. The van der Waals surface area contributed by atoms with Gasteiger partial charge in [-0.05, 0) is 29.8 Å². The zero-order chi connectivity index (χ0) is 22.5. The van der Waals surface area contributed by atoms with Crippen molar-refractivity contribution < 1.29 is 14.3 Å². The van der Waals surface area contributed by atoms with Crippen molar-refractivity contribution in [1.82, 2.24) is 15.3 Å². The summed E-state index contributed by atoms with van der Waals surface area (Å²) in [5.41, 5.74) is 2.66. The fourth-order valence-electron chi connectivity index (χ4n) is 3.42. The third-order valence-electron chi connectivity index (χ3n) is 5.05. The van der Waals surface area contributed by atoms with Crippen LogP contribution in [0.1, 0.15) is 15.9 Å². The molecule has 0 bridgehead atoms. The quantitative estimate of drug-likeness (QED) is 0.394. The maximum Gasteiger partial charge on any atom is 0.253 e. The van der Waals surface area contributed by atoms with Gasteiger partial charge in [-0.15, -0.1) is 0 Å². The molecule has 0 aliphatic heterocycles. The predicted molar refractivity (Wildman–Crippen MR) is 124 cm³/mol. The lowest BCUT2D eigenvalue weighted by molar-refractivity contribution is -0.118. The van der Waals surface area contributed by atoms with Crippen LogP contribution in [0.25, 0.3) is 10.9 Å². The molecule has 8 heteroatoms. The number of aromatic amines is 1. The molecule has 1 atom stereocenters. The van der Waals surface area contributed by atoms with E-state index in [9.17, 15) is 9.59 Å². The van der Waals surface area contributed by atoms with Crippen molar-refractivity contribution in [1.29, 1.82) is 0 Å². The Labute approximate surface area is 189 Å². The topological polar surface area (TPSA) is 96.1 Å². The Morgan fingerprint density at radius 1 is 1.09 bits per heavy atom. The highest BCUT2D eigenvalue weighted by atomic mass is 35.5. The van der Waals surface area contributed by atoms with E-state index >= 15 is 0 Å². The van der Waals surface area contributed by atoms with E-state index in [1.54, 1.807) is 36.4 Å². The van der Waals surface area contributed by atoms with Gasteiger partial charge in [0.2, 0.25) is 11.8 Å². The number of H-pyrrole nitrogens is 1. The van der Waals surface area contributed by atoms with E-state index in [1.165, 1.54) is 13.3 Å². The predicted octanol–water partition coefficient (Wildman–Crippen LogP) is 4.20. The fraction of sp³-hybridized carbons (Fsp3) is 0.125. The largest absolute Gasteiger partial charge is 0.481 e. The highest BCUT2D eigenvalue weighted by molar-refractivity contribution is 6.33. The number of hydrogen-bond donors (Lipinski definition) is 3. The summed E-state index contributed by atoms with van der Waals surface area (Å²) in [5.74, 6) is -0.364. The summed E-state index contributed by atoms with van der Waals surface area (Å²) in [5, 5.41) is 6.94. The molecule has 0 saturated heterocycles. The van der Waals surface area contributed by atoms with Gasteiger partial charge in [0.15, 0.2) is 0 Å². The molecular weight excluding hydrogens is 428 g/mol. The molecule has 3 N–H and O–H groups in total. The van der Waals surface area contributed by atoms with Crippen LogP contribution >= 0.6 is 11.6 Å². The summed E-state index contributed by atoms with van der Waals surface area (Å²) in [4.78, 5) is 33.3. The SMILES string of the molecule is COc1ccc(NC(=O)[C@H](Cc2c[nH]c3ccccc23)NC(=O)c2ccccc2Cl)cn1. The summed E-state index contributed by atoms with van der Waals surface area (Å²) >= 11 is 6.17. The first-order valence-corrected chi connectivity index (χ1v) is 10.3. The molecule has 2 amide bonds. The number of anilines is 1. The molecular formula is C24H21ClN4O3. The fourth-order valence-corrected chi connectivity index (χ4v) is 3.64. The average Bonchev–Trinajstić information content (AvgIpc) is 3.22. The number of aromatic nitrogens is 2. The molecule has 32 heavy (non-hydrogen) atoms. The summed E-state index contributed by atoms with van der Waals surface area (Å²) in [6.45, 7) is 0. The Hall–Kier alpha value is -3.84. The minimum atomic E-state index is -0.847. The number of nitrogens with zero attached hydrogens (tertiary/aromatic N) is 1. The molecule has 0 saturated carbocycles. The van der Waals surface area contributed by atoms with Gasteiger partial charge < -0.3 is 20.4 Å². The zero-order valence-electron chi connectivity index (χ0n) is 17.3. The lowest BCUT2D eigenvalue weighted by Gasteiger charge is -2.19. The highest BCUT2D eigenvalue weighted by Crippen LogP contribution is 2.21. The molecule has 2 heterocycles. The molecule has 4 aromatic rings. The number of pyridine rings is 1. The van der Waals surface area contributed by atoms with E-state index in [4.69, 9.17) is 16.3 Å². The van der Waals surface area contributed by atoms with Gasteiger partial charge in [-0.1, -0.05) is 41.9 Å². The van der Waals surface area contributed by atoms with Crippen LogP contribution in [0.2, 0.25) is 5.02 Å². The summed E-state index contributed by atoms with van der Waals surface area (Å²) in [6.07, 6.45) is 3.63. The van der Waals surface area contributed by atoms with E-state index in [-0.39, 0.29) is 12.3 Å². The second-order valence-electron chi connectivity index (χ2n) is 7.15. The van der Waals surface area contributed by atoms with Crippen molar-refractivity contribution in [2.75, 3.05) is 12.4 Å². The van der Waals surface area contributed by atoms with E-state index < -0.39 is 11.9 Å². The Morgan fingerprint density at radius 2 is 1.88 bits per heavy atom. The number of halogens is 1. The van der Waals surface area contributed by atoms with Gasteiger partial charge in [0.25, 0.3) is 5.91 Å². The highest BCUT2D eigenvalue weighted by Gasteiger charge is 2.24. The van der Waals surface area contributed by atoms with E-state index in [0.717, 1.165) is 16.5 Å². The molecule has 0 spiro atoms. The van der Waals surface area contributed by atoms with E-state index in [2.05, 4.69) is 20.6 Å². The van der Waals surface area contributed by atoms with Crippen molar-refractivity contribution in [3.63, 3.8) is 0 Å². The first-order chi connectivity index (χ1) is 15.5. The minimum Gasteiger partial charge on any atom is -0.481 e. The van der Waals surface area contributed by atoms with Gasteiger partial charge in [0.1, 0.15) is 6.04 Å². The van der Waals surface area contributed by atoms with Gasteiger partial charge in [-0.2, -0.15) is 0 Å². The maximum atomic E-state index is 13.2. The molecule has 0 radical (unpaired) electrons. The van der Waals surface area contributed by atoms with Crippen LogP contribution in [0.3, 0.4) is 0 Å². The van der Waals surface area contributed by atoms with Gasteiger partial charge in [-0.3, -0.25) is 9.59 Å². The lowest BCUT2D eigenvalue weighted by Crippen LogP contribution is -2.45. The Morgan fingerprint density at radius 3 is 2.62 bits per heavy atom. The monoisotopic (exact) mass is 448 g/mol. The Kier molecular flexibility index (Phi) is 6.37. The summed E-state index contributed by atoms with van der Waals surface area (Å²) < 4.78 is 5.05. The number of methoxy groups -OCH3 is 1. The molecule has 2 aromatic heterocycles. The van der Waals surface area contributed by atoms with Crippen LogP contribution in [-0.4, -0.2) is 34.9 Å². The van der Waals surface area contributed by atoms with Gasteiger partial charge in [-0.25, -0.2) is 4.98 Å². The van der Waals surface area contributed by atoms with Crippen LogP contribution in [0.15, 0.2) is 73.1 Å². The number of nitrogens with one attached hydrogen (secondary N) is 3. The second kappa shape index (κ2) is 9.53. The Balaban J connectivity index is 1.59. The molecule has 0 unspecified atom stereocenters. The lowest BCUT2D eigenvalue weighted by atomic mass is 10.0. The number of amides is 2. The first-order valence-electron chi connectivity index (χ1n) is 9.96. The molecule has 0 aliphatic rings. The normalized spacial score (nSPS) is 11.7. The van der Waals surface area contributed by atoms with E-state index in [0.29, 0.717) is 22.2 Å². The summed E-state index contributed by atoms with van der Waals surface area (Å²) in [6, 6.07) is 17.0. The number of carbonyl (C=O) groups is 2. The van der Waals surface area contributed by atoms with Crippen molar-refractivity contribution in [3.05, 3.63) is 89.2 Å². The number of hydrogen-bond acceptors (Lipinski definition) is 4. The van der Waals surface area contributed by atoms with Crippen LogP contribution in [0, 0.1) is 0 Å².